The van der Waals surface area contributed by atoms with Crippen molar-refractivity contribution in [2.75, 3.05) is 13.2 Å². The van der Waals surface area contributed by atoms with Gasteiger partial charge in [0.05, 0.1) is 17.7 Å². The average molecular weight is 247 g/mol. The van der Waals surface area contributed by atoms with Gasteiger partial charge in [-0.25, -0.2) is 4.39 Å². The van der Waals surface area contributed by atoms with Crippen LogP contribution in [0.25, 0.3) is 0 Å². The molecule has 13 heavy (non-hydrogen) atoms. The van der Waals surface area contributed by atoms with Crippen LogP contribution in [0.1, 0.15) is 6.42 Å². The summed E-state index contributed by atoms with van der Waals surface area (Å²) in [4.78, 5) is 0. The normalized spacial score (nSPS) is 15.2. The van der Waals surface area contributed by atoms with Crippen LogP contribution in [0, 0.1) is 5.82 Å². The van der Waals surface area contributed by atoms with E-state index in [4.69, 9.17) is 9.47 Å². The highest BCUT2D eigenvalue weighted by atomic mass is 79.9. The number of rotatable bonds is 0. The molecule has 0 aliphatic carbocycles. The topological polar surface area (TPSA) is 18.5 Å². The summed E-state index contributed by atoms with van der Waals surface area (Å²) >= 11 is 3.09. The van der Waals surface area contributed by atoms with E-state index in [1.807, 2.05) is 0 Å². The van der Waals surface area contributed by atoms with E-state index in [9.17, 15) is 4.39 Å². The van der Waals surface area contributed by atoms with Crippen LogP contribution in [-0.4, -0.2) is 13.2 Å². The Morgan fingerprint density at radius 3 is 2.46 bits per heavy atom. The Hall–Kier alpha value is -0.770. The van der Waals surface area contributed by atoms with E-state index in [2.05, 4.69) is 15.9 Å². The molecule has 0 aromatic heterocycles. The van der Waals surface area contributed by atoms with E-state index in [0.717, 1.165) is 6.42 Å². The molecule has 1 aromatic rings. The van der Waals surface area contributed by atoms with Crippen molar-refractivity contribution in [2.45, 2.75) is 6.42 Å². The number of fused-ring (bicyclic) bond motifs is 1. The molecule has 70 valence electrons. The van der Waals surface area contributed by atoms with Crippen LogP contribution in [0.5, 0.6) is 11.5 Å². The summed E-state index contributed by atoms with van der Waals surface area (Å²) in [5, 5.41) is 0. The van der Waals surface area contributed by atoms with E-state index in [-0.39, 0.29) is 5.82 Å². The van der Waals surface area contributed by atoms with Gasteiger partial charge < -0.3 is 9.47 Å². The molecule has 1 aliphatic rings. The molecule has 0 saturated heterocycles. The average Bonchev–Trinajstić information content (AvgIpc) is 2.31. The molecule has 1 aliphatic heterocycles. The predicted octanol–water partition coefficient (Wildman–Crippen LogP) is 2.75. The van der Waals surface area contributed by atoms with Gasteiger partial charge in [-0.05, 0) is 15.9 Å². The summed E-state index contributed by atoms with van der Waals surface area (Å²) in [6.45, 7) is 1.19. The van der Waals surface area contributed by atoms with E-state index in [0.29, 0.717) is 29.2 Å². The van der Waals surface area contributed by atoms with Crippen molar-refractivity contribution in [3.63, 3.8) is 0 Å². The van der Waals surface area contributed by atoms with Gasteiger partial charge in [-0.1, -0.05) is 0 Å². The first-order valence-electron chi connectivity index (χ1n) is 4.02. The summed E-state index contributed by atoms with van der Waals surface area (Å²) < 4.78 is 24.1. The van der Waals surface area contributed by atoms with Crippen LogP contribution in [0.2, 0.25) is 0 Å². The fraction of sp³-hybridized carbons (Fsp3) is 0.333. The lowest BCUT2D eigenvalue weighted by Gasteiger charge is -2.07. The van der Waals surface area contributed by atoms with E-state index < -0.39 is 0 Å². The Morgan fingerprint density at radius 1 is 1.15 bits per heavy atom. The zero-order chi connectivity index (χ0) is 9.26. The number of hydrogen-bond acceptors (Lipinski definition) is 2. The van der Waals surface area contributed by atoms with Crippen LogP contribution >= 0.6 is 15.9 Å². The van der Waals surface area contributed by atoms with Crippen molar-refractivity contribution in [2.24, 2.45) is 0 Å². The lowest BCUT2D eigenvalue weighted by Crippen LogP contribution is -1.97. The molecule has 2 rings (SSSR count). The number of halogens is 2. The highest BCUT2D eigenvalue weighted by molar-refractivity contribution is 9.10. The largest absolute Gasteiger partial charge is 0.490 e. The minimum Gasteiger partial charge on any atom is -0.490 e. The third kappa shape index (κ3) is 1.77. The predicted molar refractivity (Wildman–Crippen MR) is 49.7 cm³/mol. The van der Waals surface area contributed by atoms with E-state index in [1.165, 1.54) is 6.07 Å². The molecule has 2 nitrogen and oxygen atoms in total. The van der Waals surface area contributed by atoms with Gasteiger partial charge in [0.1, 0.15) is 5.82 Å². The van der Waals surface area contributed by atoms with Crippen LogP contribution in [0.4, 0.5) is 4.39 Å². The molecule has 0 atom stereocenters. The molecule has 1 aromatic carbocycles. The lowest BCUT2D eigenvalue weighted by molar-refractivity contribution is 0.296. The van der Waals surface area contributed by atoms with Crippen molar-refractivity contribution in [1.29, 1.82) is 0 Å². The van der Waals surface area contributed by atoms with Crippen LogP contribution in [0.15, 0.2) is 16.6 Å². The van der Waals surface area contributed by atoms with Crippen LogP contribution < -0.4 is 9.47 Å². The van der Waals surface area contributed by atoms with E-state index in [1.54, 1.807) is 6.07 Å². The molecule has 0 amide bonds. The molecule has 0 fully saturated rings. The fourth-order valence-corrected chi connectivity index (χ4v) is 1.48. The van der Waals surface area contributed by atoms with Gasteiger partial charge in [-0.2, -0.15) is 0 Å². The SMILES string of the molecule is Fc1cc2c(cc1Br)OCCCO2. The van der Waals surface area contributed by atoms with Gasteiger partial charge in [0.25, 0.3) is 0 Å². The molecule has 0 unspecified atom stereocenters. The number of benzene rings is 1. The fourth-order valence-electron chi connectivity index (χ4n) is 1.16. The Bertz CT molecular complexity index is 297. The monoisotopic (exact) mass is 246 g/mol. The molecule has 0 radical (unpaired) electrons. The highest BCUT2D eigenvalue weighted by Crippen LogP contribution is 2.34. The Morgan fingerprint density at radius 2 is 1.77 bits per heavy atom. The Kier molecular flexibility index (Phi) is 2.40. The molecular formula is C9H8BrFO2. The van der Waals surface area contributed by atoms with Gasteiger partial charge in [-0.3, -0.25) is 0 Å². The van der Waals surface area contributed by atoms with E-state index >= 15 is 0 Å². The number of ether oxygens (including phenoxy) is 2. The van der Waals surface area contributed by atoms with Crippen molar-refractivity contribution < 1.29 is 13.9 Å². The first kappa shape index (κ1) is 8.81. The Labute approximate surface area is 83.8 Å². The van der Waals surface area contributed by atoms with Crippen molar-refractivity contribution in [1.82, 2.24) is 0 Å². The molecular weight excluding hydrogens is 239 g/mol. The lowest BCUT2D eigenvalue weighted by atomic mass is 10.3. The minimum absolute atomic E-state index is 0.329. The van der Waals surface area contributed by atoms with Crippen molar-refractivity contribution >= 4 is 15.9 Å². The first-order chi connectivity index (χ1) is 6.27. The van der Waals surface area contributed by atoms with Gasteiger partial charge in [-0.15, -0.1) is 0 Å². The van der Waals surface area contributed by atoms with Crippen molar-refractivity contribution in [3.8, 4) is 11.5 Å². The summed E-state index contributed by atoms with van der Waals surface area (Å²) in [6.07, 6.45) is 0.827. The van der Waals surface area contributed by atoms with Gasteiger partial charge in [0.2, 0.25) is 0 Å². The van der Waals surface area contributed by atoms with Gasteiger partial charge in [0.15, 0.2) is 11.5 Å². The third-order valence-corrected chi connectivity index (χ3v) is 2.40. The summed E-state index contributed by atoms with van der Waals surface area (Å²) in [5.41, 5.74) is 0. The molecule has 1 heterocycles. The second-order valence-corrected chi connectivity index (χ2v) is 3.62. The molecule has 0 N–H and O–H groups in total. The second-order valence-electron chi connectivity index (χ2n) is 2.76. The second kappa shape index (κ2) is 3.54. The quantitative estimate of drug-likeness (QED) is 0.701. The van der Waals surface area contributed by atoms with Gasteiger partial charge in [0, 0.05) is 18.6 Å². The summed E-state index contributed by atoms with van der Waals surface area (Å²) in [5.74, 6) is 0.758. The summed E-state index contributed by atoms with van der Waals surface area (Å²) in [6, 6.07) is 2.93. The number of hydrogen-bond donors (Lipinski definition) is 0. The standard InChI is InChI=1S/C9H8BrFO2/c10-6-4-8-9(5-7(6)11)13-3-1-2-12-8/h4-5H,1-3H2. The molecule has 4 heteroatoms. The van der Waals surface area contributed by atoms with Crippen LogP contribution in [-0.2, 0) is 0 Å². The smallest absolute Gasteiger partial charge is 0.164 e. The maximum Gasteiger partial charge on any atom is 0.164 e. The Balaban J connectivity index is 2.43. The maximum absolute atomic E-state index is 13.1. The van der Waals surface area contributed by atoms with Crippen LogP contribution in [0.3, 0.4) is 0 Å². The summed E-state index contributed by atoms with van der Waals surface area (Å²) in [7, 11) is 0. The molecule has 0 spiro atoms. The van der Waals surface area contributed by atoms with Gasteiger partial charge >= 0.3 is 0 Å². The first-order valence-corrected chi connectivity index (χ1v) is 4.81. The van der Waals surface area contributed by atoms with Crippen molar-refractivity contribution in [3.05, 3.63) is 22.4 Å². The maximum atomic E-state index is 13.1. The zero-order valence-electron chi connectivity index (χ0n) is 6.85. The minimum atomic E-state index is -0.329. The highest BCUT2D eigenvalue weighted by Gasteiger charge is 2.13. The third-order valence-electron chi connectivity index (χ3n) is 1.79. The molecule has 0 saturated carbocycles. The molecule has 0 bridgehead atoms. The zero-order valence-corrected chi connectivity index (χ0v) is 8.43.